The number of hydrogen-bond donors (Lipinski definition) is 2. The SMILES string of the molecule is O=C(CCc1cscn1)NC[C@@H](O)c1c(Cl)cccc1Cl. The average molecular weight is 345 g/mol. The third kappa shape index (κ3) is 4.68. The van der Waals surface area contributed by atoms with Crippen molar-refractivity contribution >= 4 is 40.4 Å². The van der Waals surface area contributed by atoms with Gasteiger partial charge in [-0.1, -0.05) is 29.3 Å². The Hall–Kier alpha value is -1.14. The smallest absolute Gasteiger partial charge is 0.220 e. The van der Waals surface area contributed by atoms with Gasteiger partial charge in [0.05, 0.1) is 17.3 Å². The predicted molar refractivity (Wildman–Crippen MR) is 84.9 cm³/mol. The Labute approximate surface area is 136 Å². The van der Waals surface area contributed by atoms with Crippen LogP contribution in [0, 0.1) is 0 Å². The fourth-order valence-electron chi connectivity index (χ4n) is 1.83. The molecule has 2 rings (SSSR count). The third-order valence-corrected chi connectivity index (χ3v) is 4.21. The lowest BCUT2D eigenvalue weighted by molar-refractivity contribution is -0.121. The molecule has 0 bridgehead atoms. The molecule has 0 spiro atoms. The van der Waals surface area contributed by atoms with Crippen LogP contribution in [0.1, 0.15) is 23.8 Å². The van der Waals surface area contributed by atoms with Gasteiger partial charge in [0.25, 0.3) is 0 Å². The van der Waals surface area contributed by atoms with Crippen LogP contribution in [-0.2, 0) is 11.2 Å². The molecule has 2 N–H and O–H groups in total. The topological polar surface area (TPSA) is 62.2 Å². The number of aryl methyl sites for hydroxylation is 1. The molecule has 0 aliphatic heterocycles. The molecule has 7 heteroatoms. The van der Waals surface area contributed by atoms with Gasteiger partial charge in [-0.15, -0.1) is 11.3 Å². The molecule has 1 aromatic carbocycles. The lowest BCUT2D eigenvalue weighted by Crippen LogP contribution is -2.28. The van der Waals surface area contributed by atoms with Gasteiger partial charge in [0, 0.05) is 34.0 Å². The highest BCUT2D eigenvalue weighted by Crippen LogP contribution is 2.29. The van der Waals surface area contributed by atoms with Crippen molar-refractivity contribution in [2.24, 2.45) is 0 Å². The number of aliphatic hydroxyl groups excluding tert-OH is 1. The summed E-state index contributed by atoms with van der Waals surface area (Å²) >= 11 is 13.5. The predicted octanol–water partition coefficient (Wildman–Crippen LogP) is 3.23. The Kier molecular flexibility index (Phi) is 5.99. The van der Waals surface area contributed by atoms with Crippen LogP contribution in [0.2, 0.25) is 10.0 Å². The van der Waals surface area contributed by atoms with Crippen molar-refractivity contribution in [1.29, 1.82) is 0 Å². The summed E-state index contributed by atoms with van der Waals surface area (Å²) in [6.45, 7) is 0.0688. The highest BCUT2D eigenvalue weighted by Gasteiger charge is 2.16. The second-order valence-corrected chi connectivity index (χ2v) is 5.97. The maximum Gasteiger partial charge on any atom is 0.220 e. The van der Waals surface area contributed by atoms with Gasteiger partial charge in [0.2, 0.25) is 5.91 Å². The molecular formula is C14H14Cl2N2O2S. The molecule has 0 saturated heterocycles. The van der Waals surface area contributed by atoms with E-state index in [1.807, 2.05) is 5.38 Å². The zero-order chi connectivity index (χ0) is 15.2. The summed E-state index contributed by atoms with van der Waals surface area (Å²) in [4.78, 5) is 15.8. The Balaban J connectivity index is 1.83. The minimum atomic E-state index is -0.936. The van der Waals surface area contributed by atoms with Crippen molar-refractivity contribution in [2.75, 3.05) is 6.54 Å². The molecule has 112 valence electrons. The van der Waals surface area contributed by atoms with Crippen LogP contribution in [0.4, 0.5) is 0 Å². The van der Waals surface area contributed by atoms with E-state index in [2.05, 4.69) is 10.3 Å². The molecule has 21 heavy (non-hydrogen) atoms. The van der Waals surface area contributed by atoms with Crippen molar-refractivity contribution in [3.05, 3.63) is 50.4 Å². The van der Waals surface area contributed by atoms with Crippen LogP contribution in [0.3, 0.4) is 0 Å². The first-order valence-corrected chi connectivity index (χ1v) is 8.03. The number of nitrogens with zero attached hydrogens (tertiary/aromatic N) is 1. The summed E-state index contributed by atoms with van der Waals surface area (Å²) in [5.41, 5.74) is 3.06. The molecule has 1 atom stereocenters. The van der Waals surface area contributed by atoms with Gasteiger partial charge in [-0.25, -0.2) is 4.98 Å². The minimum Gasteiger partial charge on any atom is -0.386 e. The van der Waals surface area contributed by atoms with Gasteiger partial charge < -0.3 is 10.4 Å². The summed E-state index contributed by atoms with van der Waals surface area (Å²) in [7, 11) is 0. The largest absolute Gasteiger partial charge is 0.386 e. The number of benzene rings is 1. The van der Waals surface area contributed by atoms with E-state index < -0.39 is 6.10 Å². The lowest BCUT2D eigenvalue weighted by Gasteiger charge is -2.15. The van der Waals surface area contributed by atoms with Crippen molar-refractivity contribution in [2.45, 2.75) is 18.9 Å². The fourth-order valence-corrected chi connectivity index (χ4v) is 3.07. The van der Waals surface area contributed by atoms with Crippen LogP contribution in [0.25, 0.3) is 0 Å². The summed E-state index contributed by atoms with van der Waals surface area (Å²) in [6, 6.07) is 5.00. The normalized spacial score (nSPS) is 12.1. The number of thiazole rings is 1. The van der Waals surface area contributed by atoms with E-state index in [1.54, 1.807) is 23.7 Å². The van der Waals surface area contributed by atoms with Gasteiger partial charge in [0.1, 0.15) is 0 Å². The summed E-state index contributed by atoms with van der Waals surface area (Å²) < 4.78 is 0. The summed E-state index contributed by atoms with van der Waals surface area (Å²) in [5.74, 6) is -0.148. The lowest BCUT2D eigenvalue weighted by atomic mass is 10.1. The number of hydrogen-bond acceptors (Lipinski definition) is 4. The molecular weight excluding hydrogens is 331 g/mol. The second kappa shape index (κ2) is 7.75. The molecule has 0 aliphatic carbocycles. The van der Waals surface area contributed by atoms with Crippen molar-refractivity contribution in [3.8, 4) is 0 Å². The molecule has 1 aromatic heterocycles. The van der Waals surface area contributed by atoms with E-state index in [-0.39, 0.29) is 12.5 Å². The summed E-state index contributed by atoms with van der Waals surface area (Å²) in [5, 5.41) is 15.4. The van der Waals surface area contributed by atoms with Crippen LogP contribution in [0.15, 0.2) is 29.1 Å². The molecule has 0 fully saturated rings. The maximum atomic E-state index is 11.7. The van der Waals surface area contributed by atoms with Crippen molar-refractivity contribution in [3.63, 3.8) is 0 Å². The highest BCUT2D eigenvalue weighted by molar-refractivity contribution is 7.07. The molecule has 0 saturated carbocycles. The maximum absolute atomic E-state index is 11.7. The van der Waals surface area contributed by atoms with Crippen molar-refractivity contribution < 1.29 is 9.90 Å². The van der Waals surface area contributed by atoms with Crippen LogP contribution in [-0.4, -0.2) is 22.5 Å². The highest BCUT2D eigenvalue weighted by atomic mass is 35.5. The van der Waals surface area contributed by atoms with E-state index >= 15 is 0 Å². The van der Waals surface area contributed by atoms with E-state index in [1.165, 1.54) is 11.3 Å². The molecule has 2 aromatic rings. The van der Waals surface area contributed by atoms with Crippen LogP contribution in [0.5, 0.6) is 0 Å². The second-order valence-electron chi connectivity index (χ2n) is 4.43. The molecule has 0 aliphatic rings. The number of carbonyl (C=O) groups is 1. The first kappa shape index (κ1) is 16.2. The minimum absolute atomic E-state index is 0.0688. The van der Waals surface area contributed by atoms with Crippen LogP contribution >= 0.6 is 34.5 Å². The standard InChI is InChI=1S/C14H14Cl2N2O2S/c15-10-2-1-3-11(16)14(10)12(19)6-17-13(20)5-4-9-7-21-8-18-9/h1-3,7-8,12,19H,4-6H2,(H,17,20)/t12-/m1/s1. The monoisotopic (exact) mass is 344 g/mol. The number of aromatic nitrogens is 1. The Morgan fingerprint density at radius 1 is 1.38 bits per heavy atom. The van der Waals surface area contributed by atoms with Crippen molar-refractivity contribution in [1.82, 2.24) is 10.3 Å². The van der Waals surface area contributed by atoms with Gasteiger partial charge in [-0.2, -0.15) is 0 Å². The molecule has 4 nitrogen and oxygen atoms in total. The number of rotatable bonds is 6. The average Bonchev–Trinajstić information content (AvgIpc) is 2.96. The molecule has 1 heterocycles. The number of aliphatic hydroxyl groups is 1. The fraction of sp³-hybridized carbons (Fsp3) is 0.286. The van der Waals surface area contributed by atoms with Crippen LogP contribution < -0.4 is 5.32 Å². The third-order valence-electron chi connectivity index (χ3n) is 2.92. The van der Waals surface area contributed by atoms with Gasteiger partial charge in [0.15, 0.2) is 0 Å². The quantitative estimate of drug-likeness (QED) is 0.845. The van der Waals surface area contributed by atoms with Gasteiger partial charge in [-0.3, -0.25) is 4.79 Å². The number of nitrogens with one attached hydrogen (secondary N) is 1. The Bertz CT molecular complexity index is 585. The Morgan fingerprint density at radius 2 is 2.10 bits per heavy atom. The van der Waals surface area contributed by atoms with E-state index in [0.717, 1.165) is 5.69 Å². The van der Waals surface area contributed by atoms with Gasteiger partial charge in [-0.05, 0) is 18.6 Å². The zero-order valence-corrected chi connectivity index (χ0v) is 13.4. The van der Waals surface area contributed by atoms with E-state index in [9.17, 15) is 9.90 Å². The molecule has 0 radical (unpaired) electrons. The number of carbonyl (C=O) groups excluding carboxylic acids is 1. The zero-order valence-electron chi connectivity index (χ0n) is 11.1. The van der Waals surface area contributed by atoms with E-state index in [4.69, 9.17) is 23.2 Å². The Morgan fingerprint density at radius 3 is 2.71 bits per heavy atom. The van der Waals surface area contributed by atoms with E-state index in [0.29, 0.717) is 28.5 Å². The molecule has 0 unspecified atom stereocenters. The summed E-state index contributed by atoms with van der Waals surface area (Å²) in [6.07, 6.45) is -0.0280. The van der Waals surface area contributed by atoms with Gasteiger partial charge >= 0.3 is 0 Å². The molecule has 1 amide bonds. The number of amides is 1. The first-order valence-electron chi connectivity index (χ1n) is 6.33. The first-order chi connectivity index (χ1) is 10.1. The number of halogens is 2.